The molecule has 8 nitrogen and oxygen atoms in total. The average Bonchev–Trinajstić information content (AvgIpc) is 3.33. The molecular weight excluding hydrogens is 434 g/mol. The summed E-state index contributed by atoms with van der Waals surface area (Å²) in [5.41, 5.74) is 1.09. The summed E-state index contributed by atoms with van der Waals surface area (Å²) >= 11 is 1.00. The molecule has 10 heteroatoms. The summed E-state index contributed by atoms with van der Waals surface area (Å²) in [7, 11) is -3.69. The maximum atomic E-state index is 12.5. The third-order valence-electron chi connectivity index (χ3n) is 5.28. The first-order chi connectivity index (χ1) is 15.1. The van der Waals surface area contributed by atoms with E-state index in [2.05, 4.69) is 24.0 Å². The van der Waals surface area contributed by atoms with E-state index in [1.54, 1.807) is 24.5 Å². The molecule has 0 unspecified atom stereocenters. The third-order valence-corrected chi connectivity index (χ3v) is 7.33. The molecule has 4 heterocycles. The maximum absolute atomic E-state index is 12.5. The summed E-state index contributed by atoms with van der Waals surface area (Å²) in [4.78, 5) is 10.3. The molecule has 1 atom stereocenters. The minimum atomic E-state index is -3.69. The molecule has 0 spiro atoms. The van der Waals surface area contributed by atoms with E-state index in [0.717, 1.165) is 36.6 Å². The van der Waals surface area contributed by atoms with Crippen molar-refractivity contribution in [3.63, 3.8) is 0 Å². The van der Waals surface area contributed by atoms with Crippen LogP contribution in [0.3, 0.4) is 0 Å². The summed E-state index contributed by atoms with van der Waals surface area (Å²) in [6, 6.07) is 11.2. The lowest BCUT2D eigenvalue weighted by molar-refractivity contribution is 0.119. The van der Waals surface area contributed by atoms with Gasteiger partial charge in [-0.3, -0.25) is 14.6 Å². The second-order valence-corrected chi connectivity index (χ2v) is 9.79. The second kappa shape index (κ2) is 10.2. The molecular formula is C21H27N5O3S2. The summed E-state index contributed by atoms with van der Waals surface area (Å²) in [5, 5.41) is 0.254. The van der Waals surface area contributed by atoms with Gasteiger partial charge in [0.15, 0.2) is 0 Å². The van der Waals surface area contributed by atoms with Crippen LogP contribution in [0.4, 0.5) is 5.13 Å². The monoisotopic (exact) mass is 461 g/mol. The van der Waals surface area contributed by atoms with E-state index >= 15 is 0 Å². The lowest BCUT2D eigenvalue weighted by Crippen LogP contribution is -2.36. The van der Waals surface area contributed by atoms with Gasteiger partial charge in [0.05, 0.1) is 11.5 Å². The number of benzene rings is 1. The molecule has 0 saturated carbocycles. The highest BCUT2D eigenvalue weighted by molar-refractivity contribution is 7.93. The van der Waals surface area contributed by atoms with Crippen LogP contribution in [-0.2, 0) is 10.0 Å². The van der Waals surface area contributed by atoms with E-state index < -0.39 is 10.0 Å². The quantitative estimate of drug-likeness (QED) is 0.628. The van der Waals surface area contributed by atoms with E-state index in [4.69, 9.17) is 4.74 Å². The van der Waals surface area contributed by atoms with Crippen LogP contribution in [0.2, 0.25) is 0 Å². The van der Waals surface area contributed by atoms with Crippen LogP contribution in [0.1, 0.15) is 38.7 Å². The molecule has 1 saturated heterocycles. The largest absolute Gasteiger partial charge is 0.493 e. The van der Waals surface area contributed by atoms with Crippen LogP contribution in [0.25, 0.3) is 0 Å². The summed E-state index contributed by atoms with van der Waals surface area (Å²) in [5.74, 6) is 0.668. The van der Waals surface area contributed by atoms with Crippen molar-refractivity contribution in [3.05, 3.63) is 60.7 Å². The zero-order valence-corrected chi connectivity index (χ0v) is 18.7. The molecule has 1 aromatic carbocycles. The van der Waals surface area contributed by atoms with Gasteiger partial charge in [0.1, 0.15) is 12.1 Å². The Hall–Kier alpha value is -2.56. The predicted molar refractivity (Wildman–Crippen MR) is 122 cm³/mol. The zero-order chi connectivity index (χ0) is 21.5. The fourth-order valence-corrected chi connectivity index (χ4v) is 5.51. The molecule has 5 rings (SSSR count). The molecule has 166 valence electrons. The highest BCUT2D eigenvalue weighted by atomic mass is 32.2. The lowest BCUT2D eigenvalue weighted by atomic mass is 9.97. The summed E-state index contributed by atoms with van der Waals surface area (Å²) < 4.78 is 37.1. The van der Waals surface area contributed by atoms with Crippen LogP contribution in [0.15, 0.2) is 60.0 Å². The Morgan fingerprint density at radius 2 is 1.94 bits per heavy atom. The molecule has 1 N–H and O–H groups in total. The molecule has 1 fully saturated rings. The van der Waals surface area contributed by atoms with Gasteiger partial charge in [-0.2, -0.15) is 4.37 Å². The fourth-order valence-electron chi connectivity index (χ4n) is 3.83. The van der Waals surface area contributed by atoms with Crippen LogP contribution in [0, 0.1) is 0 Å². The van der Waals surface area contributed by atoms with E-state index in [-0.39, 0.29) is 11.5 Å². The van der Waals surface area contributed by atoms with Crippen LogP contribution < -0.4 is 9.46 Å². The number of hydrogen-bond donors (Lipinski definition) is 1. The van der Waals surface area contributed by atoms with E-state index in [1.165, 1.54) is 25.6 Å². The average molecular weight is 462 g/mol. The first-order valence-electron chi connectivity index (χ1n) is 10.3. The van der Waals surface area contributed by atoms with Crippen molar-refractivity contribution in [1.29, 1.82) is 0 Å². The summed E-state index contributed by atoms with van der Waals surface area (Å²) in [6.45, 7) is 2.81. The number of likely N-dealkylation sites (tertiary alicyclic amines) is 1. The zero-order valence-electron chi connectivity index (χ0n) is 17.1. The fraction of sp³-hybridized carbons (Fsp3) is 0.381. The minimum absolute atomic E-state index is 0. The number of hydrogen-bond acceptors (Lipinski definition) is 8. The van der Waals surface area contributed by atoms with Crippen LogP contribution >= 0.6 is 11.5 Å². The van der Waals surface area contributed by atoms with Gasteiger partial charge in [-0.15, -0.1) is 0 Å². The number of pyridine rings is 1. The first-order valence-corrected chi connectivity index (χ1v) is 12.5. The number of nitrogens with one attached hydrogen (secondary N) is 1. The maximum Gasteiger partial charge on any atom is 0.263 e. The number of fused-ring (bicyclic) bond motifs is 1. The number of aromatic nitrogens is 3. The molecule has 0 bridgehead atoms. The number of sulfonamides is 1. The van der Waals surface area contributed by atoms with Gasteiger partial charge in [0.2, 0.25) is 5.13 Å². The number of rotatable bonds is 4. The number of anilines is 1. The minimum Gasteiger partial charge on any atom is -0.493 e. The Kier molecular flexibility index (Phi) is 7.10. The standard InChI is InChI=1S/C16H20N4O3S2.C5H5N.H2/c21-25(22,19-16-17-11-18-24-16)12-4-5-13-14(6-9-23-15(13)10-12)20-7-2-1-3-8-20;1-2-4-6-5-3-1;/h4-5,10-11,14H,1-3,6-9H2,(H,17,18,19);1-5H;1H/t14-;;/m1../s1. The van der Waals surface area contributed by atoms with Gasteiger partial charge >= 0.3 is 0 Å². The van der Waals surface area contributed by atoms with E-state index in [9.17, 15) is 8.42 Å². The normalized spacial score (nSPS) is 18.8. The number of nitrogens with zero attached hydrogens (tertiary/aromatic N) is 4. The van der Waals surface area contributed by atoms with Gasteiger partial charge in [0, 0.05) is 49.4 Å². The molecule has 3 aromatic rings. The van der Waals surface area contributed by atoms with E-state index in [0.29, 0.717) is 18.4 Å². The molecule has 2 aromatic heterocycles. The molecule has 0 amide bonds. The van der Waals surface area contributed by atoms with Crippen molar-refractivity contribution in [2.45, 2.75) is 36.6 Å². The second-order valence-electron chi connectivity index (χ2n) is 7.33. The Bertz CT molecular complexity index is 1040. The third kappa shape index (κ3) is 5.57. The molecule has 2 aliphatic heterocycles. The summed E-state index contributed by atoms with van der Waals surface area (Å²) in [6.07, 6.45) is 9.51. The van der Waals surface area contributed by atoms with Crippen molar-refractivity contribution in [1.82, 2.24) is 19.2 Å². The van der Waals surface area contributed by atoms with Gasteiger partial charge in [0.25, 0.3) is 10.0 Å². The Morgan fingerprint density at radius 3 is 2.58 bits per heavy atom. The van der Waals surface area contributed by atoms with Gasteiger partial charge < -0.3 is 4.74 Å². The molecule has 0 aliphatic carbocycles. The Morgan fingerprint density at radius 1 is 1.13 bits per heavy atom. The number of ether oxygens (including phenoxy) is 1. The van der Waals surface area contributed by atoms with Crippen LogP contribution in [-0.4, -0.2) is 47.4 Å². The Labute approximate surface area is 188 Å². The SMILES string of the molecule is O=S(=O)(Nc1ncns1)c1ccc2c(c1)OCC[C@H]2N1CCCCC1.[HH].c1ccncc1. The smallest absolute Gasteiger partial charge is 0.263 e. The Balaban J connectivity index is 0.000000360. The topological polar surface area (TPSA) is 97.3 Å². The molecule has 0 radical (unpaired) electrons. The van der Waals surface area contributed by atoms with E-state index in [1.807, 2.05) is 24.3 Å². The van der Waals surface area contributed by atoms with Gasteiger partial charge in [-0.25, -0.2) is 13.4 Å². The van der Waals surface area contributed by atoms with Crippen molar-refractivity contribution < 1.29 is 14.6 Å². The predicted octanol–water partition coefficient (Wildman–Crippen LogP) is 3.98. The molecule has 31 heavy (non-hydrogen) atoms. The van der Waals surface area contributed by atoms with Crippen molar-refractivity contribution >= 4 is 26.7 Å². The highest BCUT2D eigenvalue weighted by Gasteiger charge is 2.29. The van der Waals surface area contributed by atoms with Crippen LogP contribution in [0.5, 0.6) is 5.75 Å². The first kappa shape index (κ1) is 21.7. The number of piperidine rings is 1. The highest BCUT2D eigenvalue weighted by Crippen LogP contribution is 2.38. The van der Waals surface area contributed by atoms with Crippen molar-refractivity contribution in [2.75, 3.05) is 24.4 Å². The molecule has 2 aliphatic rings. The van der Waals surface area contributed by atoms with Crippen molar-refractivity contribution in [3.8, 4) is 5.75 Å². The lowest BCUT2D eigenvalue weighted by Gasteiger charge is -2.38. The van der Waals surface area contributed by atoms with Gasteiger partial charge in [-0.05, 0) is 44.1 Å². The van der Waals surface area contributed by atoms with Gasteiger partial charge in [-0.1, -0.05) is 18.6 Å². The van der Waals surface area contributed by atoms with Crippen molar-refractivity contribution in [2.24, 2.45) is 0 Å².